The van der Waals surface area contributed by atoms with Crippen LogP contribution in [0.25, 0.3) is 22.0 Å². The zero-order chi connectivity index (χ0) is 19.7. The molecule has 138 valence electrons. The fourth-order valence-corrected chi connectivity index (χ4v) is 5.19. The van der Waals surface area contributed by atoms with Crippen LogP contribution in [0.4, 0.5) is 0 Å². The highest BCUT2D eigenvalue weighted by Gasteiger charge is 2.27. The molecule has 0 aliphatic carbocycles. The topological polar surface area (TPSA) is 62.9 Å². The van der Waals surface area contributed by atoms with E-state index in [0.717, 1.165) is 25.8 Å². The van der Waals surface area contributed by atoms with Gasteiger partial charge in [-0.15, -0.1) is 0 Å². The molecule has 4 aromatic rings. The molecule has 0 unspecified atom stereocenters. The molecule has 0 N–H and O–H groups in total. The number of alkyl halides is 1. The highest BCUT2D eigenvalue weighted by Crippen LogP contribution is 2.37. The molecule has 0 fully saturated rings. The number of nitriles is 1. The molecule has 3 aromatic carbocycles. The Kier molecular flexibility index (Phi) is 4.80. The van der Waals surface area contributed by atoms with Crippen molar-refractivity contribution >= 4 is 36.9 Å². The van der Waals surface area contributed by atoms with E-state index in [1.54, 1.807) is 30.3 Å². The van der Waals surface area contributed by atoms with E-state index < -0.39 is 10.0 Å². The molecule has 0 amide bonds. The minimum Gasteiger partial charge on any atom is -0.223 e. The quantitative estimate of drug-likeness (QED) is 0.395. The van der Waals surface area contributed by atoms with E-state index in [0.29, 0.717) is 11.1 Å². The van der Waals surface area contributed by atoms with Gasteiger partial charge in [0.25, 0.3) is 10.0 Å². The number of rotatable bonds is 4. The lowest BCUT2D eigenvalue weighted by Crippen LogP contribution is -2.14. The summed E-state index contributed by atoms with van der Waals surface area (Å²) in [5.74, 6) is 0. The molecule has 0 aliphatic rings. The molecule has 1 heterocycles. The van der Waals surface area contributed by atoms with Crippen molar-refractivity contribution in [3.05, 3.63) is 90.1 Å². The highest BCUT2D eigenvalue weighted by atomic mass is 79.9. The molecule has 6 heteroatoms. The van der Waals surface area contributed by atoms with E-state index in [2.05, 4.69) is 22.0 Å². The van der Waals surface area contributed by atoms with E-state index in [9.17, 15) is 13.7 Å². The second kappa shape index (κ2) is 7.27. The Labute approximate surface area is 171 Å². The lowest BCUT2D eigenvalue weighted by molar-refractivity contribution is 0.588. The first-order valence-corrected chi connectivity index (χ1v) is 11.1. The Balaban J connectivity index is 2.08. The van der Waals surface area contributed by atoms with Gasteiger partial charge >= 0.3 is 0 Å². The van der Waals surface area contributed by atoms with Gasteiger partial charge < -0.3 is 0 Å². The molecule has 0 spiro atoms. The molecule has 0 bridgehead atoms. The number of hydrogen-bond acceptors (Lipinski definition) is 3. The van der Waals surface area contributed by atoms with Gasteiger partial charge in [-0.05, 0) is 29.3 Å². The Morgan fingerprint density at radius 1 is 0.893 bits per heavy atom. The van der Waals surface area contributed by atoms with E-state index in [-0.39, 0.29) is 10.6 Å². The maximum Gasteiger partial charge on any atom is 0.269 e. The van der Waals surface area contributed by atoms with Crippen molar-refractivity contribution in [1.29, 1.82) is 5.26 Å². The van der Waals surface area contributed by atoms with Crippen LogP contribution in [0.2, 0.25) is 0 Å². The summed E-state index contributed by atoms with van der Waals surface area (Å²) in [6.07, 6.45) is 0. The van der Waals surface area contributed by atoms with Crippen LogP contribution < -0.4 is 0 Å². The van der Waals surface area contributed by atoms with Gasteiger partial charge in [0.15, 0.2) is 0 Å². The number of nitrogens with zero attached hydrogens (tertiary/aromatic N) is 2. The first kappa shape index (κ1) is 18.5. The molecule has 4 rings (SSSR count). The molecule has 4 nitrogen and oxygen atoms in total. The monoisotopic (exact) mass is 450 g/mol. The first-order valence-electron chi connectivity index (χ1n) is 8.57. The van der Waals surface area contributed by atoms with Gasteiger partial charge in [-0.3, -0.25) is 0 Å². The summed E-state index contributed by atoms with van der Waals surface area (Å²) in [7, 11) is -3.92. The zero-order valence-corrected chi connectivity index (χ0v) is 17.1. The second-order valence-electron chi connectivity index (χ2n) is 6.27. The Morgan fingerprint density at radius 2 is 1.54 bits per heavy atom. The summed E-state index contributed by atoms with van der Waals surface area (Å²) in [6.45, 7) is 0. The smallest absolute Gasteiger partial charge is 0.223 e. The summed E-state index contributed by atoms with van der Waals surface area (Å²) in [5.41, 5.74) is 3.13. The number of para-hydroxylation sites is 1. The third kappa shape index (κ3) is 2.93. The summed E-state index contributed by atoms with van der Waals surface area (Å²) >= 11 is 3.43. The standard InChI is InChI=1S/C22H15BrN2O2S/c23-14-16-10-12-17(13-11-16)22-19-8-4-5-9-20(19)25(21(22)15-24)28(26,27)18-6-2-1-3-7-18/h1-13H,14H2. The Morgan fingerprint density at radius 3 is 2.18 bits per heavy atom. The summed E-state index contributed by atoms with van der Waals surface area (Å²) in [6, 6.07) is 25.3. The van der Waals surface area contributed by atoms with Gasteiger partial charge in [0, 0.05) is 16.3 Å². The average Bonchev–Trinajstić information content (AvgIpc) is 3.09. The first-order chi connectivity index (χ1) is 13.6. The second-order valence-corrected chi connectivity index (χ2v) is 8.61. The van der Waals surface area contributed by atoms with Crippen LogP contribution in [-0.4, -0.2) is 12.4 Å². The van der Waals surface area contributed by atoms with Crippen LogP contribution in [0.1, 0.15) is 11.3 Å². The van der Waals surface area contributed by atoms with Gasteiger partial charge in [0.1, 0.15) is 11.8 Å². The Bertz CT molecular complexity index is 1300. The van der Waals surface area contributed by atoms with E-state index in [1.165, 1.54) is 12.1 Å². The maximum absolute atomic E-state index is 13.4. The lowest BCUT2D eigenvalue weighted by atomic mass is 10.0. The minimum absolute atomic E-state index is 0.108. The third-order valence-corrected chi connectivity index (χ3v) is 6.99. The number of fused-ring (bicyclic) bond motifs is 1. The molecule has 0 radical (unpaired) electrons. The third-order valence-electron chi connectivity index (χ3n) is 4.62. The van der Waals surface area contributed by atoms with Gasteiger partial charge in [-0.2, -0.15) is 5.26 Å². The maximum atomic E-state index is 13.4. The lowest BCUT2D eigenvalue weighted by Gasteiger charge is -2.09. The van der Waals surface area contributed by atoms with Crippen molar-refractivity contribution < 1.29 is 8.42 Å². The number of hydrogen-bond donors (Lipinski definition) is 0. The van der Waals surface area contributed by atoms with Crippen LogP contribution in [0.5, 0.6) is 0 Å². The molecule has 0 atom stereocenters. The van der Waals surface area contributed by atoms with Gasteiger partial charge in [-0.1, -0.05) is 76.6 Å². The molecule has 1 aromatic heterocycles. The number of aromatic nitrogens is 1. The Hall–Kier alpha value is -2.88. The van der Waals surface area contributed by atoms with Gasteiger partial charge in [-0.25, -0.2) is 12.4 Å². The van der Waals surface area contributed by atoms with Crippen molar-refractivity contribution in [2.45, 2.75) is 10.2 Å². The summed E-state index contributed by atoms with van der Waals surface area (Å²) < 4.78 is 27.9. The molecule has 28 heavy (non-hydrogen) atoms. The number of benzene rings is 3. The van der Waals surface area contributed by atoms with Crippen molar-refractivity contribution in [2.24, 2.45) is 0 Å². The normalized spacial score (nSPS) is 11.4. The predicted octanol–water partition coefficient (Wildman–Crippen LogP) is 5.31. The summed E-state index contributed by atoms with van der Waals surface area (Å²) in [4.78, 5) is 0.147. The van der Waals surface area contributed by atoms with Crippen LogP contribution in [-0.2, 0) is 15.4 Å². The van der Waals surface area contributed by atoms with Crippen molar-refractivity contribution in [3.63, 3.8) is 0 Å². The predicted molar refractivity (Wildman–Crippen MR) is 114 cm³/mol. The minimum atomic E-state index is -3.92. The van der Waals surface area contributed by atoms with Crippen LogP contribution >= 0.6 is 15.9 Å². The van der Waals surface area contributed by atoms with Crippen molar-refractivity contribution in [2.75, 3.05) is 0 Å². The molecular formula is C22H15BrN2O2S. The molecule has 0 saturated carbocycles. The molecular weight excluding hydrogens is 436 g/mol. The van der Waals surface area contributed by atoms with Crippen LogP contribution in [0.3, 0.4) is 0 Å². The fourth-order valence-electron chi connectivity index (χ4n) is 3.31. The molecule has 0 aliphatic heterocycles. The van der Waals surface area contributed by atoms with Gasteiger partial charge in [0.2, 0.25) is 0 Å². The van der Waals surface area contributed by atoms with Crippen LogP contribution in [0, 0.1) is 11.3 Å². The largest absolute Gasteiger partial charge is 0.269 e. The highest BCUT2D eigenvalue weighted by molar-refractivity contribution is 9.08. The van der Waals surface area contributed by atoms with Crippen molar-refractivity contribution in [1.82, 2.24) is 3.97 Å². The zero-order valence-electron chi connectivity index (χ0n) is 14.7. The summed E-state index contributed by atoms with van der Waals surface area (Å²) in [5, 5.41) is 11.4. The fraction of sp³-hybridized carbons (Fsp3) is 0.0455. The average molecular weight is 451 g/mol. The van der Waals surface area contributed by atoms with Crippen molar-refractivity contribution in [3.8, 4) is 17.2 Å². The number of halogens is 1. The van der Waals surface area contributed by atoms with E-state index in [1.807, 2.05) is 36.4 Å². The van der Waals surface area contributed by atoms with Gasteiger partial charge in [0.05, 0.1) is 10.4 Å². The SMILES string of the molecule is N#Cc1c(-c2ccc(CBr)cc2)c2ccccc2n1S(=O)(=O)c1ccccc1. The molecule has 0 saturated heterocycles. The van der Waals surface area contributed by atoms with E-state index >= 15 is 0 Å². The van der Waals surface area contributed by atoms with Crippen LogP contribution in [0.15, 0.2) is 83.8 Å². The van der Waals surface area contributed by atoms with E-state index in [4.69, 9.17) is 0 Å².